The first-order chi connectivity index (χ1) is 17.7. The molecule has 2 fully saturated rings. The number of ether oxygens (including phenoxy) is 1. The van der Waals surface area contributed by atoms with E-state index in [1.165, 1.54) is 0 Å². The van der Waals surface area contributed by atoms with Crippen molar-refractivity contribution in [1.82, 2.24) is 19.4 Å². The summed E-state index contributed by atoms with van der Waals surface area (Å²) in [5.74, 6) is -0.352. The molecule has 4 heterocycles. The normalized spacial score (nSPS) is 22.7. The van der Waals surface area contributed by atoms with Crippen LogP contribution in [0.25, 0.3) is 22.2 Å². The summed E-state index contributed by atoms with van der Waals surface area (Å²) in [5.41, 5.74) is 2.90. The van der Waals surface area contributed by atoms with Crippen molar-refractivity contribution < 1.29 is 19.3 Å². The molecule has 1 aromatic carbocycles. The van der Waals surface area contributed by atoms with Crippen molar-refractivity contribution in [3.05, 3.63) is 51.7 Å². The van der Waals surface area contributed by atoms with Crippen LogP contribution in [0, 0.1) is 12.7 Å². The van der Waals surface area contributed by atoms with E-state index < -0.39 is 11.9 Å². The molecule has 2 aliphatic heterocycles. The highest BCUT2D eigenvalue weighted by Gasteiger charge is 2.26. The number of β-amino-alcohol motifs (C(OH)–C–C–N with tert-alkyl or cyclic N) is 1. The number of anilines is 1. The zero-order valence-corrected chi connectivity index (χ0v) is 21.4. The molecule has 0 unspecified atom stereocenters. The standard InChI is InChI=1S/C27H34FN5O4/c1-15(2)33-22-10-17(25-20(28)11-29-27(31-25)30-21-7-9-37-14-24(21)35)4-5-19(22)26(36)16(3)23(33)13-32-8-6-18(34)12-32/h4-5,10-11,15,18,21,24,34-35H,6-9,12-14H2,1-3H3,(H,29,30,31)/t18-,21+,24+/m0/s1. The lowest BCUT2D eigenvalue weighted by molar-refractivity contribution is -0.0136. The van der Waals surface area contributed by atoms with Gasteiger partial charge in [0.05, 0.1) is 36.6 Å². The number of likely N-dealkylation sites (tertiary alicyclic amines) is 1. The molecule has 3 atom stereocenters. The zero-order valence-electron chi connectivity index (χ0n) is 21.4. The third kappa shape index (κ3) is 5.11. The highest BCUT2D eigenvalue weighted by Crippen LogP contribution is 2.29. The van der Waals surface area contributed by atoms with Gasteiger partial charge in [-0.1, -0.05) is 6.07 Å². The predicted molar refractivity (Wildman–Crippen MR) is 139 cm³/mol. The smallest absolute Gasteiger partial charge is 0.223 e. The van der Waals surface area contributed by atoms with Gasteiger partial charge in [0.15, 0.2) is 11.2 Å². The van der Waals surface area contributed by atoms with Gasteiger partial charge in [-0.25, -0.2) is 14.4 Å². The average Bonchev–Trinajstić information content (AvgIpc) is 3.29. The molecule has 0 spiro atoms. The molecular weight excluding hydrogens is 477 g/mol. The van der Waals surface area contributed by atoms with Gasteiger partial charge in [-0.05, 0) is 45.7 Å². The third-order valence-electron chi connectivity index (χ3n) is 7.36. The van der Waals surface area contributed by atoms with Crippen molar-refractivity contribution in [3.8, 4) is 11.3 Å². The number of pyridine rings is 1. The molecule has 2 saturated heterocycles. The molecule has 0 radical (unpaired) electrons. The first-order valence-corrected chi connectivity index (χ1v) is 12.9. The predicted octanol–water partition coefficient (Wildman–Crippen LogP) is 2.62. The van der Waals surface area contributed by atoms with Crippen molar-refractivity contribution in [3.63, 3.8) is 0 Å². The highest BCUT2D eigenvalue weighted by atomic mass is 19.1. The van der Waals surface area contributed by atoms with Crippen molar-refractivity contribution in [1.29, 1.82) is 0 Å². The van der Waals surface area contributed by atoms with E-state index in [-0.39, 0.29) is 41.9 Å². The molecule has 10 heteroatoms. The quantitative estimate of drug-likeness (QED) is 0.463. The summed E-state index contributed by atoms with van der Waals surface area (Å²) in [6.07, 6.45) is 1.37. The molecule has 2 aromatic heterocycles. The summed E-state index contributed by atoms with van der Waals surface area (Å²) in [6.45, 7) is 8.61. The molecule has 3 N–H and O–H groups in total. The van der Waals surface area contributed by atoms with Crippen LogP contribution < -0.4 is 10.7 Å². The first-order valence-electron chi connectivity index (χ1n) is 12.9. The zero-order chi connectivity index (χ0) is 26.3. The van der Waals surface area contributed by atoms with Crippen LogP contribution in [0.1, 0.15) is 44.0 Å². The van der Waals surface area contributed by atoms with Gasteiger partial charge in [-0.2, -0.15) is 0 Å². The summed E-state index contributed by atoms with van der Waals surface area (Å²) in [6, 6.07) is 5.02. The van der Waals surface area contributed by atoms with Gasteiger partial charge in [0.1, 0.15) is 5.69 Å². The van der Waals surface area contributed by atoms with Crippen molar-refractivity contribution in [2.45, 2.75) is 64.4 Å². The number of fused-ring (bicyclic) bond motifs is 1. The summed E-state index contributed by atoms with van der Waals surface area (Å²) >= 11 is 0. The van der Waals surface area contributed by atoms with Gasteiger partial charge in [-0.3, -0.25) is 9.69 Å². The summed E-state index contributed by atoms with van der Waals surface area (Å²) < 4.78 is 22.4. The highest BCUT2D eigenvalue weighted by molar-refractivity contribution is 5.85. The number of hydrogen-bond donors (Lipinski definition) is 3. The van der Waals surface area contributed by atoms with Crippen molar-refractivity contribution in [2.24, 2.45) is 0 Å². The number of hydrogen-bond acceptors (Lipinski definition) is 8. The minimum Gasteiger partial charge on any atom is -0.392 e. The maximum absolute atomic E-state index is 15.0. The van der Waals surface area contributed by atoms with Crippen LogP contribution in [0.3, 0.4) is 0 Å². The molecule has 198 valence electrons. The van der Waals surface area contributed by atoms with E-state index in [1.807, 2.05) is 13.0 Å². The monoisotopic (exact) mass is 511 g/mol. The largest absolute Gasteiger partial charge is 0.392 e. The van der Waals surface area contributed by atoms with E-state index in [0.29, 0.717) is 48.1 Å². The summed E-state index contributed by atoms with van der Waals surface area (Å²) in [4.78, 5) is 24.0. The topological polar surface area (TPSA) is 113 Å². The van der Waals surface area contributed by atoms with Crippen LogP contribution in [0.4, 0.5) is 10.3 Å². The van der Waals surface area contributed by atoms with Crippen molar-refractivity contribution in [2.75, 3.05) is 31.6 Å². The van der Waals surface area contributed by atoms with Crippen LogP contribution in [-0.2, 0) is 11.3 Å². The number of aliphatic hydroxyl groups excluding tert-OH is 2. The second-order valence-corrected chi connectivity index (χ2v) is 10.3. The Morgan fingerprint density at radius 2 is 2.08 bits per heavy atom. The van der Waals surface area contributed by atoms with E-state index in [9.17, 15) is 19.4 Å². The minimum atomic E-state index is -0.703. The maximum Gasteiger partial charge on any atom is 0.223 e. The fourth-order valence-corrected chi connectivity index (χ4v) is 5.38. The Morgan fingerprint density at radius 1 is 1.27 bits per heavy atom. The van der Waals surface area contributed by atoms with Crippen molar-refractivity contribution >= 4 is 16.9 Å². The Labute approximate surface area is 214 Å². The molecule has 9 nitrogen and oxygen atoms in total. The molecular formula is C27H34FN5O4. The van der Waals surface area contributed by atoms with Gasteiger partial charge in [0.2, 0.25) is 5.95 Å². The van der Waals surface area contributed by atoms with Crippen LogP contribution in [0.15, 0.2) is 29.2 Å². The molecule has 5 rings (SSSR count). The molecule has 37 heavy (non-hydrogen) atoms. The van der Waals surface area contributed by atoms with E-state index in [1.54, 1.807) is 12.1 Å². The number of nitrogens with one attached hydrogen (secondary N) is 1. The van der Waals surface area contributed by atoms with Gasteiger partial charge >= 0.3 is 0 Å². The van der Waals surface area contributed by atoms with E-state index in [2.05, 4.69) is 38.6 Å². The maximum atomic E-state index is 15.0. The molecule has 0 bridgehead atoms. The molecule has 2 aliphatic rings. The molecule has 0 aliphatic carbocycles. The lowest BCUT2D eigenvalue weighted by Crippen LogP contribution is -2.42. The van der Waals surface area contributed by atoms with Gasteiger partial charge in [0, 0.05) is 54.5 Å². The number of aromatic nitrogens is 3. The Kier molecular flexibility index (Phi) is 7.26. The Hall–Kier alpha value is -2.92. The van der Waals surface area contributed by atoms with E-state index in [4.69, 9.17) is 4.74 Å². The average molecular weight is 512 g/mol. The Morgan fingerprint density at radius 3 is 2.78 bits per heavy atom. The number of nitrogens with zero attached hydrogens (tertiary/aromatic N) is 4. The molecule has 0 amide bonds. The molecule has 0 saturated carbocycles. The van der Waals surface area contributed by atoms with Crippen LogP contribution in [0.5, 0.6) is 0 Å². The van der Waals surface area contributed by atoms with Crippen LogP contribution in [-0.4, -0.2) is 74.2 Å². The van der Waals surface area contributed by atoms with Crippen LogP contribution >= 0.6 is 0 Å². The Balaban J connectivity index is 1.58. The van der Waals surface area contributed by atoms with E-state index in [0.717, 1.165) is 24.9 Å². The van der Waals surface area contributed by atoms with Crippen LogP contribution in [0.2, 0.25) is 0 Å². The number of rotatable bonds is 6. The first kappa shape index (κ1) is 25.7. The van der Waals surface area contributed by atoms with Gasteiger partial charge < -0.3 is 24.8 Å². The number of aliphatic hydroxyl groups is 2. The summed E-state index contributed by atoms with van der Waals surface area (Å²) in [7, 11) is 0. The van der Waals surface area contributed by atoms with E-state index >= 15 is 0 Å². The Bertz CT molecular complexity index is 1360. The second kappa shape index (κ2) is 10.4. The minimum absolute atomic E-state index is 0.0436. The third-order valence-corrected chi connectivity index (χ3v) is 7.36. The fraction of sp³-hybridized carbons (Fsp3) is 0.519. The lowest BCUT2D eigenvalue weighted by atomic mass is 10.0. The fourth-order valence-electron chi connectivity index (χ4n) is 5.38. The summed E-state index contributed by atoms with van der Waals surface area (Å²) in [5, 5.41) is 23.9. The SMILES string of the molecule is Cc1c(CN2CC[C@H](O)C2)n(C(C)C)c2cc(-c3nc(N[C@@H]4CCOC[C@H]4O)ncc3F)ccc2c1=O. The van der Waals surface area contributed by atoms with Gasteiger partial charge in [-0.15, -0.1) is 0 Å². The molecule has 3 aromatic rings. The number of benzene rings is 1. The van der Waals surface area contributed by atoms with Gasteiger partial charge in [0.25, 0.3) is 0 Å². The lowest BCUT2D eigenvalue weighted by Gasteiger charge is -2.28. The second-order valence-electron chi connectivity index (χ2n) is 10.3. The number of halogens is 1.